The molecule has 0 nitrogen and oxygen atoms in total. The molecule has 0 N–H and O–H groups in total. The number of aryl methyl sites for hydroxylation is 2. The molecule has 0 fully saturated rings. The standard InChI is InChI=1S/C25H22/c1-15-12-13-16(2)23-22(15)14-17(3)24(23)25-20-10-6-4-8-18(20)19-9-5-7-11-21(19)25/h4-13,17H,14H2,1-3H3. The molecule has 0 heteroatoms. The summed E-state index contributed by atoms with van der Waals surface area (Å²) in [5.41, 5.74) is 14.5. The van der Waals surface area contributed by atoms with Crippen LogP contribution in [0.25, 0.3) is 22.3 Å². The fraction of sp³-hybridized carbons (Fsp3) is 0.200. The van der Waals surface area contributed by atoms with Crippen LogP contribution in [-0.2, 0) is 6.42 Å². The van der Waals surface area contributed by atoms with E-state index in [1.807, 2.05) is 0 Å². The molecule has 1 unspecified atom stereocenters. The van der Waals surface area contributed by atoms with Gasteiger partial charge < -0.3 is 0 Å². The largest absolute Gasteiger partial charge is 0.0616 e. The van der Waals surface area contributed by atoms with E-state index in [2.05, 4.69) is 81.4 Å². The first-order valence-electron chi connectivity index (χ1n) is 9.19. The molecule has 0 heterocycles. The summed E-state index contributed by atoms with van der Waals surface area (Å²) in [6.45, 7) is 6.92. The highest BCUT2D eigenvalue weighted by Crippen LogP contribution is 2.52. The van der Waals surface area contributed by atoms with Crippen molar-refractivity contribution in [2.24, 2.45) is 5.92 Å². The summed E-state index contributed by atoms with van der Waals surface area (Å²) in [7, 11) is 0. The molecule has 0 bridgehead atoms. The lowest BCUT2D eigenvalue weighted by Crippen LogP contribution is -1.97. The van der Waals surface area contributed by atoms with Gasteiger partial charge in [0.05, 0.1) is 0 Å². The molecule has 1 atom stereocenters. The van der Waals surface area contributed by atoms with E-state index in [1.54, 1.807) is 11.1 Å². The van der Waals surface area contributed by atoms with Crippen molar-refractivity contribution in [3.8, 4) is 11.1 Å². The lowest BCUT2D eigenvalue weighted by Gasteiger charge is -2.15. The van der Waals surface area contributed by atoms with Gasteiger partial charge in [-0.05, 0) is 81.8 Å². The quantitative estimate of drug-likeness (QED) is 0.350. The first-order chi connectivity index (χ1) is 12.2. The average Bonchev–Trinajstić information content (AvgIpc) is 3.14. The van der Waals surface area contributed by atoms with Crippen molar-refractivity contribution in [1.82, 2.24) is 0 Å². The molecule has 2 aliphatic carbocycles. The Labute approximate surface area is 149 Å². The smallest absolute Gasteiger partial charge is 0.00578 e. The van der Waals surface area contributed by atoms with Crippen LogP contribution in [0, 0.1) is 19.8 Å². The van der Waals surface area contributed by atoms with Crippen molar-refractivity contribution >= 4 is 11.1 Å². The normalized spacial score (nSPS) is 17.5. The molecule has 0 saturated carbocycles. The first kappa shape index (κ1) is 14.7. The van der Waals surface area contributed by atoms with Gasteiger partial charge in [-0.15, -0.1) is 0 Å². The van der Waals surface area contributed by atoms with Gasteiger partial charge in [0.2, 0.25) is 0 Å². The molecule has 0 amide bonds. The van der Waals surface area contributed by atoms with E-state index in [-0.39, 0.29) is 0 Å². The highest BCUT2D eigenvalue weighted by Gasteiger charge is 2.33. The predicted molar refractivity (Wildman–Crippen MR) is 107 cm³/mol. The highest BCUT2D eigenvalue weighted by atomic mass is 14.4. The van der Waals surface area contributed by atoms with Crippen LogP contribution in [0.1, 0.15) is 40.3 Å². The van der Waals surface area contributed by atoms with Crippen LogP contribution < -0.4 is 0 Å². The van der Waals surface area contributed by atoms with E-state index in [4.69, 9.17) is 0 Å². The Morgan fingerprint density at radius 1 is 0.680 bits per heavy atom. The zero-order valence-corrected chi connectivity index (χ0v) is 15.1. The number of hydrogen-bond acceptors (Lipinski definition) is 0. The van der Waals surface area contributed by atoms with Gasteiger partial charge in [0.1, 0.15) is 0 Å². The topological polar surface area (TPSA) is 0 Å². The Morgan fingerprint density at radius 3 is 1.80 bits per heavy atom. The highest BCUT2D eigenvalue weighted by molar-refractivity contribution is 6.11. The molecule has 0 radical (unpaired) electrons. The van der Waals surface area contributed by atoms with Gasteiger partial charge in [0.15, 0.2) is 0 Å². The van der Waals surface area contributed by atoms with Crippen LogP contribution in [-0.4, -0.2) is 0 Å². The second kappa shape index (κ2) is 5.20. The Bertz CT molecular complexity index is 1000. The molecule has 2 aliphatic rings. The molecular formula is C25H22. The minimum atomic E-state index is 0.559. The third kappa shape index (κ3) is 1.94. The SMILES string of the molecule is Cc1ccc(C)c2c1CC(C)C2=C1c2ccccc2-c2ccccc21. The molecular weight excluding hydrogens is 300 g/mol. The van der Waals surface area contributed by atoms with Gasteiger partial charge in [-0.2, -0.15) is 0 Å². The Hall–Kier alpha value is -2.60. The number of rotatable bonds is 0. The molecule has 0 aliphatic heterocycles. The number of allylic oxidation sites excluding steroid dienone is 1. The Balaban J connectivity index is 1.93. The summed E-state index contributed by atoms with van der Waals surface area (Å²) in [5, 5.41) is 0. The van der Waals surface area contributed by atoms with Crippen LogP contribution in [0.4, 0.5) is 0 Å². The van der Waals surface area contributed by atoms with Gasteiger partial charge in [0.25, 0.3) is 0 Å². The third-order valence-corrected chi connectivity index (χ3v) is 5.98. The minimum Gasteiger partial charge on any atom is -0.0616 e. The van der Waals surface area contributed by atoms with Crippen molar-refractivity contribution in [1.29, 1.82) is 0 Å². The molecule has 0 aromatic heterocycles. The summed E-state index contributed by atoms with van der Waals surface area (Å²) in [5.74, 6) is 0.559. The van der Waals surface area contributed by atoms with Crippen molar-refractivity contribution in [2.45, 2.75) is 27.2 Å². The zero-order chi connectivity index (χ0) is 17.1. The van der Waals surface area contributed by atoms with E-state index in [0.29, 0.717) is 5.92 Å². The first-order valence-corrected chi connectivity index (χ1v) is 9.19. The number of fused-ring (bicyclic) bond motifs is 4. The van der Waals surface area contributed by atoms with Crippen LogP contribution in [0.5, 0.6) is 0 Å². The molecule has 5 rings (SSSR count). The van der Waals surface area contributed by atoms with Crippen molar-refractivity contribution in [3.63, 3.8) is 0 Å². The maximum absolute atomic E-state index is 2.39. The third-order valence-electron chi connectivity index (χ3n) is 5.98. The van der Waals surface area contributed by atoms with E-state index >= 15 is 0 Å². The maximum atomic E-state index is 2.39. The van der Waals surface area contributed by atoms with Crippen LogP contribution >= 0.6 is 0 Å². The van der Waals surface area contributed by atoms with Crippen molar-refractivity contribution < 1.29 is 0 Å². The van der Waals surface area contributed by atoms with Gasteiger partial charge in [-0.3, -0.25) is 0 Å². The molecule has 122 valence electrons. The van der Waals surface area contributed by atoms with E-state index in [1.165, 1.54) is 44.5 Å². The average molecular weight is 322 g/mol. The zero-order valence-electron chi connectivity index (χ0n) is 15.1. The summed E-state index contributed by atoms with van der Waals surface area (Å²) in [6.07, 6.45) is 1.16. The fourth-order valence-electron chi connectivity index (χ4n) is 4.84. The summed E-state index contributed by atoms with van der Waals surface area (Å²) < 4.78 is 0. The predicted octanol–water partition coefficient (Wildman–Crippen LogP) is 6.44. The minimum absolute atomic E-state index is 0.559. The molecule has 25 heavy (non-hydrogen) atoms. The van der Waals surface area contributed by atoms with E-state index in [0.717, 1.165) is 6.42 Å². The summed E-state index contributed by atoms with van der Waals surface area (Å²) in [6, 6.07) is 22.4. The van der Waals surface area contributed by atoms with Gasteiger partial charge in [-0.1, -0.05) is 67.6 Å². The van der Waals surface area contributed by atoms with Crippen LogP contribution in [0.2, 0.25) is 0 Å². The second-order valence-electron chi connectivity index (χ2n) is 7.54. The monoisotopic (exact) mass is 322 g/mol. The molecule has 0 spiro atoms. The lowest BCUT2D eigenvalue weighted by atomic mass is 9.88. The van der Waals surface area contributed by atoms with Gasteiger partial charge >= 0.3 is 0 Å². The van der Waals surface area contributed by atoms with E-state index < -0.39 is 0 Å². The Kier molecular flexibility index (Phi) is 3.06. The maximum Gasteiger partial charge on any atom is -0.00578 e. The molecule has 3 aromatic rings. The summed E-state index contributed by atoms with van der Waals surface area (Å²) >= 11 is 0. The number of hydrogen-bond donors (Lipinski definition) is 0. The molecule has 0 saturated heterocycles. The van der Waals surface area contributed by atoms with Gasteiger partial charge in [-0.25, -0.2) is 0 Å². The van der Waals surface area contributed by atoms with Crippen molar-refractivity contribution in [2.75, 3.05) is 0 Å². The van der Waals surface area contributed by atoms with Crippen molar-refractivity contribution in [3.05, 3.63) is 94.0 Å². The summed E-state index contributed by atoms with van der Waals surface area (Å²) in [4.78, 5) is 0. The molecule has 3 aromatic carbocycles. The Morgan fingerprint density at radius 2 is 1.20 bits per heavy atom. The second-order valence-corrected chi connectivity index (χ2v) is 7.54. The van der Waals surface area contributed by atoms with Crippen LogP contribution in [0.3, 0.4) is 0 Å². The lowest BCUT2D eigenvalue weighted by molar-refractivity contribution is 0.778. The fourth-order valence-corrected chi connectivity index (χ4v) is 4.84. The van der Waals surface area contributed by atoms with Gasteiger partial charge in [0, 0.05) is 0 Å². The number of benzene rings is 3. The van der Waals surface area contributed by atoms with Crippen LogP contribution in [0.15, 0.2) is 60.7 Å². The van der Waals surface area contributed by atoms with E-state index in [9.17, 15) is 0 Å².